The summed E-state index contributed by atoms with van der Waals surface area (Å²) < 4.78 is 2.13. The van der Waals surface area contributed by atoms with Crippen molar-refractivity contribution in [2.24, 2.45) is 7.05 Å². The van der Waals surface area contributed by atoms with Gasteiger partial charge in [0.05, 0.1) is 0 Å². The molecule has 1 aromatic carbocycles. The SMILES string of the molecule is Cn1cccc1CN(Cc1ccccc1)CC(O)c1cccs1. The van der Waals surface area contributed by atoms with Gasteiger partial charge in [0, 0.05) is 43.4 Å². The van der Waals surface area contributed by atoms with Crippen LogP contribution in [0.25, 0.3) is 0 Å². The summed E-state index contributed by atoms with van der Waals surface area (Å²) in [7, 11) is 2.06. The molecule has 0 aliphatic carbocycles. The average molecular weight is 326 g/mol. The molecular formula is C19H22N2OS. The van der Waals surface area contributed by atoms with Crippen LogP contribution in [0.3, 0.4) is 0 Å². The Morgan fingerprint density at radius 1 is 1.04 bits per heavy atom. The minimum Gasteiger partial charge on any atom is -0.386 e. The van der Waals surface area contributed by atoms with Crippen molar-refractivity contribution in [3.05, 3.63) is 82.3 Å². The number of hydrogen-bond acceptors (Lipinski definition) is 3. The number of aromatic nitrogens is 1. The summed E-state index contributed by atoms with van der Waals surface area (Å²) >= 11 is 1.61. The highest BCUT2D eigenvalue weighted by Gasteiger charge is 2.16. The van der Waals surface area contributed by atoms with Gasteiger partial charge in [0.15, 0.2) is 0 Å². The Kier molecular flexibility index (Phi) is 5.28. The first-order valence-corrected chi connectivity index (χ1v) is 8.68. The largest absolute Gasteiger partial charge is 0.386 e. The summed E-state index contributed by atoms with van der Waals surface area (Å²) in [5, 5.41) is 12.5. The van der Waals surface area contributed by atoms with E-state index in [1.807, 2.05) is 23.6 Å². The van der Waals surface area contributed by atoms with E-state index in [0.29, 0.717) is 6.54 Å². The van der Waals surface area contributed by atoms with E-state index in [4.69, 9.17) is 0 Å². The first kappa shape index (κ1) is 16.0. The molecule has 3 aromatic rings. The molecule has 1 unspecified atom stereocenters. The Hall–Kier alpha value is -1.88. The van der Waals surface area contributed by atoms with Gasteiger partial charge in [0.1, 0.15) is 6.10 Å². The molecule has 0 fully saturated rings. The Labute approximate surface area is 141 Å². The van der Waals surface area contributed by atoms with Gasteiger partial charge in [-0.2, -0.15) is 0 Å². The van der Waals surface area contributed by atoms with Gasteiger partial charge in [-0.1, -0.05) is 36.4 Å². The zero-order chi connectivity index (χ0) is 16.1. The zero-order valence-electron chi connectivity index (χ0n) is 13.3. The van der Waals surface area contributed by atoms with Crippen molar-refractivity contribution in [2.45, 2.75) is 19.2 Å². The molecule has 4 heteroatoms. The molecule has 0 radical (unpaired) electrons. The molecule has 0 saturated carbocycles. The third-order valence-electron chi connectivity index (χ3n) is 3.99. The van der Waals surface area contributed by atoms with Crippen LogP contribution in [0.4, 0.5) is 0 Å². The number of aryl methyl sites for hydroxylation is 1. The number of rotatable bonds is 7. The van der Waals surface area contributed by atoms with E-state index in [1.165, 1.54) is 11.3 Å². The van der Waals surface area contributed by atoms with Gasteiger partial charge in [-0.25, -0.2) is 0 Å². The maximum absolute atomic E-state index is 10.5. The predicted molar refractivity (Wildman–Crippen MR) is 95.2 cm³/mol. The molecule has 1 atom stereocenters. The number of benzene rings is 1. The van der Waals surface area contributed by atoms with E-state index in [1.54, 1.807) is 11.3 Å². The number of thiophene rings is 1. The van der Waals surface area contributed by atoms with Gasteiger partial charge in [-0.15, -0.1) is 11.3 Å². The Balaban J connectivity index is 1.74. The molecule has 2 heterocycles. The monoisotopic (exact) mass is 326 g/mol. The highest BCUT2D eigenvalue weighted by molar-refractivity contribution is 7.10. The van der Waals surface area contributed by atoms with Crippen LogP contribution in [0.5, 0.6) is 0 Å². The summed E-state index contributed by atoms with van der Waals surface area (Å²) in [6.07, 6.45) is 1.62. The van der Waals surface area contributed by atoms with Gasteiger partial charge < -0.3 is 9.67 Å². The second-order valence-electron chi connectivity index (χ2n) is 5.80. The second-order valence-corrected chi connectivity index (χ2v) is 6.78. The second kappa shape index (κ2) is 7.59. The van der Waals surface area contributed by atoms with E-state index in [9.17, 15) is 5.11 Å². The molecule has 0 saturated heterocycles. The lowest BCUT2D eigenvalue weighted by atomic mass is 10.2. The van der Waals surface area contributed by atoms with Crippen LogP contribution in [-0.4, -0.2) is 21.1 Å². The van der Waals surface area contributed by atoms with Gasteiger partial charge in [0.2, 0.25) is 0 Å². The summed E-state index contributed by atoms with van der Waals surface area (Å²) in [5.74, 6) is 0. The summed E-state index contributed by atoms with van der Waals surface area (Å²) in [6, 6.07) is 18.6. The van der Waals surface area contributed by atoms with Gasteiger partial charge in [-0.3, -0.25) is 4.90 Å². The van der Waals surface area contributed by atoms with Crippen molar-refractivity contribution >= 4 is 11.3 Å². The van der Waals surface area contributed by atoms with Crippen molar-refractivity contribution in [3.8, 4) is 0 Å². The topological polar surface area (TPSA) is 28.4 Å². The first-order valence-electron chi connectivity index (χ1n) is 7.80. The Morgan fingerprint density at radius 2 is 1.87 bits per heavy atom. The molecule has 0 amide bonds. The van der Waals surface area contributed by atoms with Crippen LogP contribution in [-0.2, 0) is 20.1 Å². The lowest BCUT2D eigenvalue weighted by molar-refractivity contribution is 0.106. The van der Waals surface area contributed by atoms with Gasteiger partial charge >= 0.3 is 0 Å². The van der Waals surface area contributed by atoms with Gasteiger partial charge in [0.25, 0.3) is 0 Å². The van der Waals surface area contributed by atoms with Crippen LogP contribution in [0.2, 0.25) is 0 Å². The van der Waals surface area contributed by atoms with Crippen LogP contribution >= 0.6 is 11.3 Å². The number of hydrogen-bond donors (Lipinski definition) is 1. The van der Waals surface area contributed by atoms with E-state index < -0.39 is 6.10 Å². The highest BCUT2D eigenvalue weighted by Crippen LogP contribution is 2.21. The van der Waals surface area contributed by atoms with Crippen molar-refractivity contribution in [2.75, 3.05) is 6.54 Å². The lowest BCUT2D eigenvalue weighted by Gasteiger charge is -2.25. The van der Waals surface area contributed by atoms with Crippen LogP contribution in [0.15, 0.2) is 66.2 Å². The third-order valence-corrected chi connectivity index (χ3v) is 4.96. The van der Waals surface area contributed by atoms with Crippen molar-refractivity contribution in [1.82, 2.24) is 9.47 Å². The minimum atomic E-state index is -0.445. The first-order chi connectivity index (χ1) is 11.2. The quantitative estimate of drug-likeness (QED) is 0.715. The summed E-state index contributed by atoms with van der Waals surface area (Å²) in [4.78, 5) is 3.32. The van der Waals surface area contributed by atoms with E-state index in [0.717, 1.165) is 18.0 Å². The smallest absolute Gasteiger partial charge is 0.101 e. The lowest BCUT2D eigenvalue weighted by Crippen LogP contribution is -2.28. The fourth-order valence-electron chi connectivity index (χ4n) is 2.73. The Morgan fingerprint density at radius 3 is 2.52 bits per heavy atom. The third kappa shape index (κ3) is 4.32. The maximum Gasteiger partial charge on any atom is 0.101 e. The number of aliphatic hydroxyl groups is 1. The average Bonchev–Trinajstić information content (AvgIpc) is 3.21. The fraction of sp³-hybridized carbons (Fsp3) is 0.263. The molecule has 1 N–H and O–H groups in total. The molecule has 0 bridgehead atoms. The van der Waals surface area contributed by atoms with Crippen molar-refractivity contribution in [3.63, 3.8) is 0 Å². The molecule has 3 rings (SSSR count). The van der Waals surface area contributed by atoms with E-state index in [-0.39, 0.29) is 0 Å². The molecule has 2 aromatic heterocycles. The van der Waals surface area contributed by atoms with E-state index >= 15 is 0 Å². The predicted octanol–water partition coefficient (Wildman–Crippen LogP) is 3.82. The maximum atomic E-state index is 10.5. The number of aliphatic hydroxyl groups excluding tert-OH is 1. The number of nitrogens with zero attached hydrogens (tertiary/aromatic N) is 2. The van der Waals surface area contributed by atoms with Crippen molar-refractivity contribution < 1.29 is 5.11 Å². The van der Waals surface area contributed by atoms with Crippen LogP contribution in [0.1, 0.15) is 22.2 Å². The molecule has 0 spiro atoms. The summed E-state index contributed by atoms with van der Waals surface area (Å²) in [6.45, 7) is 2.27. The zero-order valence-corrected chi connectivity index (χ0v) is 14.1. The van der Waals surface area contributed by atoms with E-state index in [2.05, 4.69) is 59.1 Å². The fourth-order valence-corrected chi connectivity index (χ4v) is 3.43. The van der Waals surface area contributed by atoms with Crippen molar-refractivity contribution in [1.29, 1.82) is 0 Å². The molecule has 0 aliphatic rings. The minimum absolute atomic E-state index is 0.445. The Bertz CT molecular complexity index is 706. The molecule has 0 aliphatic heterocycles. The molecule has 23 heavy (non-hydrogen) atoms. The van der Waals surface area contributed by atoms with Crippen LogP contribution < -0.4 is 0 Å². The normalized spacial score (nSPS) is 12.7. The molecule has 120 valence electrons. The molecule has 3 nitrogen and oxygen atoms in total. The van der Waals surface area contributed by atoms with Gasteiger partial charge in [-0.05, 0) is 29.1 Å². The highest BCUT2D eigenvalue weighted by atomic mass is 32.1. The molecular weight excluding hydrogens is 304 g/mol. The standard InChI is InChI=1S/C19H22N2OS/c1-20-11-5-9-17(20)14-21(13-16-7-3-2-4-8-16)15-18(22)19-10-6-12-23-19/h2-12,18,22H,13-15H2,1H3. The van der Waals surface area contributed by atoms with Crippen LogP contribution in [0, 0.1) is 0 Å². The summed E-state index contributed by atoms with van der Waals surface area (Å²) in [5.41, 5.74) is 2.51.